The molecular formula is C16H20N2O. The first-order valence-electron chi connectivity index (χ1n) is 7.02. The number of aliphatic hydroxyl groups is 1. The Balaban J connectivity index is 2.16. The number of hydrogen-bond donors (Lipinski definition) is 2. The van der Waals surface area contributed by atoms with Crippen molar-refractivity contribution in [2.24, 2.45) is 5.92 Å². The average molecular weight is 256 g/mol. The molecule has 3 heteroatoms. The summed E-state index contributed by atoms with van der Waals surface area (Å²) in [4.78, 5) is 4.22. The van der Waals surface area contributed by atoms with Gasteiger partial charge in [-0.1, -0.05) is 25.1 Å². The highest BCUT2D eigenvalue weighted by Crippen LogP contribution is 2.39. The number of benzene rings is 1. The molecule has 0 amide bonds. The molecule has 0 aliphatic carbocycles. The van der Waals surface area contributed by atoms with E-state index in [4.69, 9.17) is 0 Å². The molecule has 0 radical (unpaired) electrons. The Kier molecular flexibility index (Phi) is 3.25. The fourth-order valence-electron chi connectivity index (χ4n) is 3.26. The van der Waals surface area contributed by atoms with Gasteiger partial charge in [-0.05, 0) is 36.4 Å². The zero-order valence-corrected chi connectivity index (χ0v) is 11.3. The largest absolute Gasteiger partial charge is 0.385 e. The van der Waals surface area contributed by atoms with Crippen molar-refractivity contribution < 1.29 is 5.11 Å². The topological polar surface area (TPSA) is 45.1 Å². The number of nitrogens with one attached hydrogen (secondary N) is 1. The molecule has 0 spiro atoms. The molecule has 19 heavy (non-hydrogen) atoms. The highest BCUT2D eigenvalue weighted by Gasteiger charge is 2.40. The summed E-state index contributed by atoms with van der Waals surface area (Å²) in [6.45, 7) is 3.89. The summed E-state index contributed by atoms with van der Waals surface area (Å²) in [7, 11) is 0. The van der Waals surface area contributed by atoms with Crippen LogP contribution in [-0.2, 0) is 5.60 Å². The van der Waals surface area contributed by atoms with Crippen LogP contribution in [0.15, 0.2) is 36.7 Å². The van der Waals surface area contributed by atoms with Gasteiger partial charge in [0.15, 0.2) is 0 Å². The minimum absolute atomic E-state index is 0.257. The van der Waals surface area contributed by atoms with Crippen LogP contribution in [0.4, 0.5) is 0 Å². The molecule has 3 nitrogen and oxygen atoms in total. The first-order valence-corrected chi connectivity index (χ1v) is 7.02. The second-order valence-electron chi connectivity index (χ2n) is 5.39. The van der Waals surface area contributed by atoms with Gasteiger partial charge >= 0.3 is 0 Å². The number of pyridine rings is 1. The normalized spacial score (nSPS) is 27.6. The Labute approximate surface area is 113 Å². The lowest BCUT2D eigenvalue weighted by atomic mass is 9.74. The fourth-order valence-corrected chi connectivity index (χ4v) is 3.26. The summed E-state index contributed by atoms with van der Waals surface area (Å²) in [6.07, 6.45) is 5.41. The number of hydrogen-bond acceptors (Lipinski definition) is 3. The zero-order valence-electron chi connectivity index (χ0n) is 11.3. The molecule has 1 saturated heterocycles. The van der Waals surface area contributed by atoms with E-state index in [0.717, 1.165) is 42.3 Å². The molecule has 2 unspecified atom stereocenters. The fraction of sp³-hybridized carbons (Fsp3) is 0.438. The van der Waals surface area contributed by atoms with Gasteiger partial charge in [-0.2, -0.15) is 0 Å². The van der Waals surface area contributed by atoms with Crippen LogP contribution in [0.3, 0.4) is 0 Å². The Bertz CT molecular complexity index is 578. The van der Waals surface area contributed by atoms with E-state index in [9.17, 15) is 5.11 Å². The van der Waals surface area contributed by atoms with Gasteiger partial charge < -0.3 is 10.4 Å². The smallest absolute Gasteiger partial charge is 0.0955 e. The second-order valence-corrected chi connectivity index (χ2v) is 5.39. The van der Waals surface area contributed by atoms with Gasteiger partial charge in [0, 0.05) is 30.2 Å². The number of fused-ring (bicyclic) bond motifs is 1. The molecule has 1 aliphatic rings. The SMILES string of the molecule is CCC1CNCCC1(O)c1cccc2ccncc12. The molecule has 0 bridgehead atoms. The second kappa shape index (κ2) is 4.91. The zero-order chi connectivity index (χ0) is 13.3. The highest BCUT2D eigenvalue weighted by atomic mass is 16.3. The molecular weight excluding hydrogens is 236 g/mol. The Morgan fingerprint density at radius 1 is 1.42 bits per heavy atom. The van der Waals surface area contributed by atoms with Gasteiger partial charge in [0.1, 0.15) is 0 Å². The molecule has 1 aromatic heterocycles. The van der Waals surface area contributed by atoms with Crippen molar-refractivity contribution >= 4 is 10.8 Å². The van der Waals surface area contributed by atoms with E-state index >= 15 is 0 Å². The molecule has 2 atom stereocenters. The van der Waals surface area contributed by atoms with E-state index in [1.807, 2.05) is 18.3 Å². The van der Waals surface area contributed by atoms with Crippen molar-refractivity contribution in [3.8, 4) is 0 Å². The van der Waals surface area contributed by atoms with E-state index in [1.165, 1.54) is 0 Å². The van der Waals surface area contributed by atoms with Crippen LogP contribution in [0, 0.1) is 5.92 Å². The first kappa shape index (κ1) is 12.6. The number of nitrogens with zero attached hydrogens (tertiary/aromatic N) is 1. The molecule has 2 heterocycles. The van der Waals surface area contributed by atoms with E-state index in [0.29, 0.717) is 0 Å². The van der Waals surface area contributed by atoms with Crippen LogP contribution in [-0.4, -0.2) is 23.2 Å². The van der Waals surface area contributed by atoms with Gasteiger partial charge in [0.2, 0.25) is 0 Å². The number of rotatable bonds is 2. The summed E-state index contributed by atoms with van der Waals surface area (Å²) in [5.74, 6) is 0.257. The Hall–Kier alpha value is -1.45. The van der Waals surface area contributed by atoms with Gasteiger partial charge in [-0.3, -0.25) is 4.98 Å². The molecule has 2 N–H and O–H groups in total. The monoisotopic (exact) mass is 256 g/mol. The van der Waals surface area contributed by atoms with Crippen molar-refractivity contribution in [2.45, 2.75) is 25.4 Å². The molecule has 1 aromatic carbocycles. The lowest BCUT2D eigenvalue weighted by molar-refractivity contribution is -0.0466. The summed E-state index contributed by atoms with van der Waals surface area (Å²) in [5.41, 5.74) is 0.300. The minimum Gasteiger partial charge on any atom is -0.385 e. The molecule has 1 fully saturated rings. The third kappa shape index (κ3) is 2.03. The molecule has 0 saturated carbocycles. The summed E-state index contributed by atoms with van der Waals surface area (Å²) in [6, 6.07) is 8.17. The highest BCUT2D eigenvalue weighted by molar-refractivity contribution is 5.85. The van der Waals surface area contributed by atoms with Crippen molar-refractivity contribution in [1.82, 2.24) is 10.3 Å². The standard InChI is InChI=1S/C16H20N2O/c1-2-13-10-18-9-7-16(13,19)15-5-3-4-12-6-8-17-11-14(12)15/h3-6,8,11,13,18-19H,2,7,9-10H2,1H3. The van der Waals surface area contributed by atoms with E-state index in [2.05, 4.69) is 29.4 Å². The molecule has 1 aliphatic heterocycles. The number of aromatic nitrogens is 1. The van der Waals surface area contributed by atoms with Crippen LogP contribution in [0.1, 0.15) is 25.3 Å². The lowest BCUT2D eigenvalue weighted by Crippen LogP contribution is -2.48. The quantitative estimate of drug-likeness (QED) is 0.867. The predicted molar refractivity (Wildman–Crippen MR) is 76.9 cm³/mol. The van der Waals surface area contributed by atoms with Gasteiger partial charge in [0.05, 0.1) is 5.60 Å². The van der Waals surface area contributed by atoms with Crippen LogP contribution in [0.5, 0.6) is 0 Å². The summed E-state index contributed by atoms with van der Waals surface area (Å²) >= 11 is 0. The van der Waals surface area contributed by atoms with Gasteiger partial charge in [0.25, 0.3) is 0 Å². The first-order chi connectivity index (χ1) is 9.25. The number of piperidine rings is 1. The maximum atomic E-state index is 11.2. The average Bonchev–Trinajstić information content (AvgIpc) is 2.47. The maximum absolute atomic E-state index is 11.2. The minimum atomic E-state index is -0.734. The third-order valence-electron chi connectivity index (χ3n) is 4.39. The van der Waals surface area contributed by atoms with E-state index in [1.54, 1.807) is 6.20 Å². The molecule has 100 valence electrons. The maximum Gasteiger partial charge on any atom is 0.0955 e. The Morgan fingerprint density at radius 2 is 2.32 bits per heavy atom. The Morgan fingerprint density at radius 3 is 3.16 bits per heavy atom. The van der Waals surface area contributed by atoms with Crippen molar-refractivity contribution in [1.29, 1.82) is 0 Å². The van der Waals surface area contributed by atoms with Crippen molar-refractivity contribution in [3.63, 3.8) is 0 Å². The van der Waals surface area contributed by atoms with Crippen LogP contribution in [0.2, 0.25) is 0 Å². The van der Waals surface area contributed by atoms with Crippen molar-refractivity contribution in [3.05, 3.63) is 42.2 Å². The molecule has 3 rings (SSSR count). The van der Waals surface area contributed by atoms with E-state index in [-0.39, 0.29) is 5.92 Å². The van der Waals surface area contributed by atoms with E-state index < -0.39 is 5.60 Å². The van der Waals surface area contributed by atoms with Crippen LogP contribution in [0.25, 0.3) is 10.8 Å². The summed E-state index contributed by atoms with van der Waals surface area (Å²) < 4.78 is 0. The third-order valence-corrected chi connectivity index (χ3v) is 4.39. The predicted octanol–water partition coefficient (Wildman–Crippen LogP) is 2.44. The van der Waals surface area contributed by atoms with Crippen LogP contribution >= 0.6 is 0 Å². The summed E-state index contributed by atoms with van der Waals surface area (Å²) in [5, 5.41) is 16.8. The lowest BCUT2D eigenvalue weighted by Gasteiger charge is -2.41. The molecule has 2 aromatic rings. The van der Waals surface area contributed by atoms with Crippen molar-refractivity contribution in [2.75, 3.05) is 13.1 Å². The van der Waals surface area contributed by atoms with Gasteiger partial charge in [-0.25, -0.2) is 0 Å². The van der Waals surface area contributed by atoms with Gasteiger partial charge in [-0.15, -0.1) is 0 Å². The van der Waals surface area contributed by atoms with Crippen LogP contribution < -0.4 is 5.32 Å².